The first-order valence-corrected chi connectivity index (χ1v) is 4.53. The lowest BCUT2D eigenvalue weighted by Crippen LogP contribution is -2.41. The predicted molar refractivity (Wildman–Crippen MR) is 47.2 cm³/mol. The van der Waals surface area contributed by atoms with Crippen LogP contribution in [0.3, 0.4) is 0 Å². The summed E-state index contributed by atoms with van der Waals surface area (Å²) in [6.07, 6.45) is 0.248. The smallest absolute Gasteiger partial charge is 0.164 e. The number of ether oxygens (including phenoxy) is 2. The van der Waals surface area contributed by atoms with Gasteiger partial charge in [-0.05, 0) is 27.2 Å². The Morgan fingerprint density at radius 2 is 1.85 bits per heavy atom. The average molecular weight is 190 g/mol. The van der Waals surface area contributed by atoms with E-state index in [0.717, 1.165) is 0 Å². The van der Waals surface area contributed by atoms with Gasteiger partial charge < -0.3 is 19.7 Å². The van der Waals surface area contributed by atoms with Gasteiger partial charge >= 0.3 is 0 Å². The Bertz CT molecular complexity index is 180. The maximum Gasteiger partial charge on any atom is 0.164 e. The van der Waals surface area contributed by atoms with Gasteiger partial charge in [0.2, 0.25) is 0 Å². The van der Waals surface area contributed by atoms with E-state index < -0.39 is 11.4 Å². The molecule has 0 amide bonds. The second-order valence-electron chi connectivity index (χ2n) is 4.09. The largest absolute Gasteiger partial charge is 0.396 e. The zero-order chi connectivity index (χ0) is 10.1. The van der Waals surface area contributed by atoms with Crippen LogP contribution in [0.25, 0.3) is 0 Å². The van der Waals surface area contributed by atoms with E-state index in [-0.39, 0.29) is 19.3 Å². The first-order chi connectivity index (χ1) is 5.93. The zero-order valence-electron chi connectivity index (χ0n) is 8.41. The van der Waals surface area contributed by atoms with Crippen molar-refractivity contribution in [3.8, 4) is 0 Å². The minimum atomic E-state index is -0.688. The number of hydrogen-bond acceptors (Lipinski definition) is 4. The van der Waals surface area contributed by atoms with Gasteiger partial charge in [0, 0.05) is 6.61 Å². The molecule has 0 unspecified atom stereocenters. The van der Waals surface area contributed by atoms with Crippen LogP contribution < -0.4 is 0 Å². The van der Waals surface area contributed by atoms with Crippen LogP contribution in [0.15, 0.2) is 0 Å². The van der Waals surface area contributed by atoms with Gasteiger partial charge in [-0.3, -0.25) is 0 Å². The van der Waals surface area contributed by atoms with Crippen molar-refractivity contribution in [2.75, 3.05) is 13.2 Å². The van der Waals surface area contributed by atoms with Gasteiger partial charge in [-0.2, -0.15) is 0 Å². The van der Waals surface area contributed by atoms with E-state index in [0.29, 0.717) is 6.42 Å². The van der Waals surface area contributed by atoms with Crippen molar-refractivity contribution in [1.29, 1.82) is 0 Å². The maximum absolute atomic E-state index is 9.17. The molecule has 4 nitrogen and oxygen atoms in total. The molecule has 0 spiro atoms. The topological polar surface area (TPSA) is 58.9 Å². The van der Waals surface area contributed by atoms with Crippen LogP contribution in [0.1, 0.15) is 27.2 Å². The van der Waals surface area contributed by atoms with Crippen molar-refractivity contribution in [3.63, 3.8) is 0 Å². The Hall–Kier alpha value is -0.160. The first-order valence-electron chi connectivity index (χ1n) is 4.53. The van der Waals surface area contributed by atoms with Gasteiger partial charge in [-0.1, -0.05) is 0 Å². The molecule has 0 aromatic heterocycles. The fraction of sp³-hybridized carbons (Fsp3) is 1.00. The average Bonchev–Trinajstić information content (AvgIpc) is 2.24. The molecule has 1 saturated heterocycles. The molecule has 0 radical (unpaired) electrons. The molecule has 0 aliphatic carbocycles. The van der Waals surface area contributed by atoms with Crippen LogP contribution >= 0.6 is 0 Å². The Labute approximate surface area is 78.5 Å². The van der Waals surface area contributed by atoms with Gasteiger partial charge in [0.05, 0.1) is 12.7 Å². The Kier molecular flexibility index (Phi) is 2.97. The highest BCUT2D eigenvalue weighted by atomic mass is 16.8. The van der Waals surface area contributed by atoms with Crippen molar-refractivity contribution < 1.29 is 19.7 Å². The second-order valence-corrected chi connectivity index (χ2v) is 4.09. The summed E-state index contributed by atoms with van der Waals surface area (Å²) in [6.45, 7) is 5.35. The van der Waals surface area contributed by atoms with E-state index in [2.05, 4.69) is 0 Å². The lowest BCUT2D eigenvalue weighted by Gasteiger charge is -2.25. The summed E-state index contributed by atoms with van der Waals surface area (Å²) >= 11 is 0. The van der Waals surface area contributed by atoms with Crippen LogP contribution in [-0.2, 0) is 9.47 Å². The van der Waals surface area contributed by atoms with E-state index >= 15 is 0 Å². The van der Waals surface area contributed by atoms with Gasteiger partial charge in [0.25, 0.3) is 0 Å². The van der Waals surface area contributed by atoms with Crippen molar-refractivity contribution in [2.45, 2.75) is 44.7 Å². The second kappa shape index (κ2) is 3.53. The lowest BCUT2D eigenvalue weighted by molar-refractivity contribution is -0.166. The maximum atomic E-state index is 9.17. The fourth-order valence-electron chi connectivity index (χ4n) is 1.73. The number of rotatable bonds is 3. The van der Waals surface area contributed by atoms with Crippen molar-refractivity contribution >= 4 is 0 Å². The van der Waals surface area contributed by atoms with Crippen molar-refractivity contribution in [3.05, 3.63) is 0 Å². The van der Waals surface area contributed by atoms with Gasteiger partial charge in [-0.15, -0.1) is 0 Å². The quantitative estimate of drug-likeness (QED) is 0.670. The summed E-state index contributed by atoms with van der Waals surface area (Å²) in [4.78, 5) is 0. The number of hydrogen-bond donors (Lipinski definition) is 2. The van der Waals surface area contributed by atoms with E-state index in [4.69, 9.17) is 19.7 Å². The molecular weight excluding hydrogens is 172 g/mol. The minimum Gasteiger partial charge on any atom is -0.396 e. The summed E-state index contributed by atoms with van der Waals surface area (Å²) in [5.74, 6) is -0.669. The molecule has 2 atom stereocenters. The number of aliphatic hydroxyl groups is 2. The molecule has 78 valence electrons. The fourth-order valence-corrected chi connectivity index (χ4v) is 1.73. The van der Waals surface area contributed by atoms with Gasteiger partial charge in [-0.25, -0.2) is 0 Å². The third-order valence-electron chi connectivity index (χ3n) is 2.29. The van der Waals surface area contributed by atoms with E-state index in [1.165, 1.54) is 0 Å². The standard InChI is InChI=1S/C9H18O4/c1-8(2)12-7(4-5-10)9(3,6-11)13-8/h7,10-11H,4-6H2,1-3H3/t7-,9-/m0/s1. The molecule has 1 aliphatic heterocycles. The van der Waals surface area contributed by atoms with Crippen molar-refractivity contribution in [1.82, 2.24) is 0 Å². The van der Waals surface area contributed by atoms with Gasteiger partial charge in [0.15, 0.2) is 5.79 Å². The van der Waals surface area contributed by atoms with Crippen LogP contribution in [0, 0.1) is 0 Å². The number of aliphatic hydroxyl groups excluding tert-OH is 2. The Balaban J connectivity index is 2.71. The third kappa shape index (κ3) is 2.20. The molecule has 0 saturated carbocycles. The van der Waals surface area contributed by atoms with E-state index in [1.807, 2.05) is 0 Å². The molecule has 0 aromatic rings. The van der Waals surface area contributed by atoms with Crippen LogP contribution in [0.5, 0.6) is 0 Å². The monoisotopic (exact) mass is 190 g/mol. The van der Waals surface area contributed by atoms with Crippen molar-refractivity contribution in [2.24, 2.45) is 0 Å². The molecule has 0 bridgehead atoms. The highest BCUT2D eigenvalue weighted by molar-refractivity contribution is 4.92. The van der Waals surface area contributed by atoms with Gasteiger partial charge in [0.1, 0.15) is 5.60 Å². The minimum absolute atomic E-state index is 0.0414. The lowest BCUT2D eigenvalue weighted by atomic mass is 9.98. The zero-order valence-corrected chi connectivity index (χ0v) is 8.41. The predicted octanol–water partition coefficient (Wildman–Crippen LogP) is 0.271. The summed E-state index contributed by atoms with van der Waals surface area (Å²) in [5, 5.41) is 18.0. The molecule has 1 fully saturated rings. The molecule has 2 N–H and O–H groups in total. The molecule has 4 heteroatoms. The molecule has 1 rings (SSSR count). The highest BCUT2D eigenvalue weighted by Gasteiger charge is 2.49. The molecular formula is C9H18O4. The van der Waals surface area contributed by atoms with E-state index in [1.54, 1.807) is 20.8 Å². The van der Waals surface area contributed by atoms with E-state index in [9.17, 15) is 0 Å². The highest BCUT2D eigenvalue weighted by Crippen LogP contribution is 2.37. The normalized spacial score (nSPS) is 38.1. The summed E-state index contributed by atoms with van der Waals surface area (Å²) in [6, 6.07) is 0. The molecule has 13 heavy (non-hydrogen) atoms. The SMILES string of the molecule is CC1(C)O[C@@H](CCO)[C@](C)(CO)O1. The Morgan fingerprint density at radius 1 is 1.23 bits per heavy atom. The first kappa shape index (κ1) is 10.9. The van der Waals surface area contributed by atoms with Crippen LogP contribution in [-0.4, -0.2) is 40.9 Å². The summed E-state index contributed by atoms with van der Waals surface area (Å²) in [7, 11) is 0. The molecule has 1 aliphatic rings. The molecule has 0 aromatic carbocycles. The Morgan fingerprint density at radius 3 is 2.31 bits per heavy atom. The molecule has 1 heterocycles. The van der Waals surface area contributed by atoms with Crippen LogP contribution in [0.2, 0.25) is 0 Å². The third-order valence-corrected chi connectivity index (χ3v) is 2.29. The van der Waals surface area contributed by atoms with Crippen LogP contribution in [0.4, 0.5) is 0 Å². The summed E-state index contributed by atoms with van der Waals surface area (Å²) in [5.41, 5.74) is -0.688. The summed E-state index contributed by atoms with van der Waals surface area (Å²) < 4.78 is 11.1.